The number of methoxy groups -OCH3 is 1. The van der Waals surface area contributed by atoms with Gasteiger partial charge in [-0.3, -0.25) is 9.78 Å². The number of anilines is 1. The van der Waals surface area contributed by atoms with Crippen molar-refractivity contribution in [2.24, 2.45) is 0 Å². The maximum Gasteiger partial charge on any atom is 0.267 e. The summed E-state index contributed by atoms with van der Waals surface area (Å²) in [5.74, 6) is 0.701. The van der Waals surface area contributed by atoms with E-state index < -0.39 is 0 Å². The molecule has 0 aliphatic heterocycles. The molecule has 1 aliphatic carbocycles. The van der Waals surface area contributed by atoms with Crippen molar-refractivity contribution in [3.05, 3.63) is 52.8 Å². The molecule has 1 N–H and O–H groups in total. The molecular formula is C19H22N6O2S. The Balaban J connectivity index is 1.41. The van der Waals surface area contributed by atoms with E-state index in [-0.39, 0.29) is 11.6 Å². The average Bonchev–Trinajstić information content (AvgIpc) is 3.17. The molecule has 0 unspecified atom stereocenters. The second kappa shape index (κ2) is 8.57. The van der Waals surface area contributed by atoms with Gasteiger partial charge in [-0.25, -0.2) is 9.67 Å². The minimum absolute atomic E-state index is 0.0580. The van der Waals surface area contributed by atoms with Gasteiger partial charge in [-0.05, 0) is 43.9 Å². The molecule has 3 heterocycles. The fraction of sp³-hybridized carbons (Fsp3) is 0.421. The van der Waals surface area contributed by atoms with Gasteiger partial charge in [0.1, 0.15) is 6.61 Å². The minimum Gasteiger partial charge on any atom is -0.377 e. The van der Waals surface area contributed by atoms with Crippen molar-refractivity contribution in [2.75, 3.05) is 12.4 Å². The van der Waals surface area contributed by atoms with E-state index in [0.29, 0.717) is 18.5 Å². The van der Waals surface area contributed by atoms with E-state index in [1.807, 2.05) is 12.1 Å². The van der Waals surface area contributed by atoms with Crippen LogP contribution in [-0.4, -0.2) is 37.3 Å². The van der Waals surface area contributed by atoms with Crippen molar-refractivity contribution in [3.8, 4) is 11.3 Å². The molecule has 0 aromatic carbocycles. The summed E-state index contributed by atoms with van der Waals surface area (Å²) in [7, 11) is 1.63. The lowest BCUT2D eigenvalue weighted by Gasteiger charge is -2.29. The van der Waals surface area contributed by atoms with Crippen LogP contribution in [0.2, 0.25) is 0 Å². The van der Waals surface area contributed by atoms with Crippen molar-refractivity contribution in [2.45, 2.75) is 44.4 Å². The Labute approximate surface area is 166 Å². The van der Waals surface area contributed by atoms with Crippen molar-refractivity contribution in [1.29, 1.82) is 0 Å². The first kappa shape index (κ1) is 18.7. The second-order valence-corrected chi connectivity index (χ2v) is 7.59. The van der Waals surface area contributed by atoms with Crippen LogP contribution in [-0.2, 0) is 11.3 Å². The SMILES string of the molecule is COCc1nsc(NC2CCC(n3nc(-c4cccnc4)ccc3=O)CC2)n1. The molecule has 8 nitrogen and oxygen atoms in total. The molecule has 146 valence electrons. The van der Waals surface area contributed by atoms with Gasteiger partial charge in [0.15, 0.2) is 5.82 Å². The minimum atomic E-state index is -0.0580. The van der Waals surface area contributed by atoms with Crippen LogP contribution < -0.4 is 10.9 Å². The number of hydrogen-bond donors (Lipinski definition) is 1. The summed E-state index contributed by atoms with van der Waals surface area (Å²) in [5.41, 5.74) is 1.62. The van der Waals surface area contributed by atoms with Crippen molar-refractivity contribution >= 4 is 16.7 Å². The number of aromatic nitrogens is 5. The number of nitrogens with zero attached hydrogens (tertiary/aromatic N) is 5. The van der Waals surface area contributed by atoms with E-state index in [1.165, 1.54) is 11.5 Å². The molecule has 1 saturated carbocycles. The summed E-state index contributed by atoms with van der Waals surface area (Å²) in [4.78, 5) is 20.9. The topological polar surface area (TPSA) is 94.8 Å². The van der Waals surface area contributed by atoms with E-state index >= 15 is 0 Å². The predicted octanol–water partition coefficient (Wildman–Crippen LogP) is 2.90. The van der Waals surface area contributed by atoms with Crippen LogP contribution in [0.25, 0.3) is 11.3 Å². The number of pyridine rings is 1. The first-order valence-electron chi connectivity index (χ1n) is 9.31. The van der Waals surface area contributed by atoms with Gasteiger partial charge in [-0.2, -0.15) is 9.47 Å². The molecule has 9 heteroatoms. The van der Waals surface area contributed by atoms with Crippen LogP contribution >= 0.6 is 11.5 Å². The number of nitrogens with one attached hydrogen (secondary N) is 1. The fourth-order valence-corrected chi connectivity index (χ4v) is 4.15. The van der Waals surface area contributed by atoms with Gasteiger partial charge in [0.2, 0.25) is 5.13 Å². The normalized spacial score (nSPS) is 19.5. The van der Waals surface area contributed by atoms with Crippen LogP contribution in [0.5, 0.6) is 0 Å². The molecule has 3 aromatic heterocycles. The predicted molar refractivity (Wildman–Crippen MR) is 107 cm³/mol. The summed E-state index contributed by atoms with van der Waals surface area (Å²) < 4.78 is 11.0. The third-order valence-electron chi connectivity index (χ3n) is 4.89. The number of ether oxygens (including phenoxy) is 1. The van der Waals surface area contributed by atoms with Gasteiger partial charge in [-0.15, -0.1) is 0 Å². The Morgan fingerprint density at radius 3 is 2.86 bits per heavy atom. The quantitative estimate of drug-likeness (QED) is 0.682. The molecule has 28 heavy (non-hydrogen) atoms. The second-order valence-electron chi connectivity index (χ2n) is 6.84. The van der Waals surface area contributed by atoms with Gasteiger partial charge < -0.3 is 10.1 Å². The maximum atomic E-state index is 12.4. The molecule has 0 bridgehead atoms. The lowest BCUT2D eigenvalue weighted by Crippen LogP contribution is -2.33. The molecule has 0 saturated heterocycles. The van der Waals surface area contributed by atoms with E-state index in [9.17, 15) is 4.79 Å². The van der Waals surface area contributed by atoms with Crippen LogP contribution in [0.1, 0.15) is 37.5 Å². The zero-order valence-corrected chi connectivity index (χ0v) is 16.4. The van der Waals surface area contributed by atoms with Crippen molar-refractivity contribution in [1.82, 2.24) is 24.1 Å². The number of rotatable bonds is 6. The molecule has 1 aliphatic rings. The molecule has 0 spiro atoms. The molecule has 4 rings (SSSR count). The van der Waals surface area contributed by atoms with E-state index in [2.05, 4.69) is 24.8 Å². The van der Waals surface area contributed by atoms with Gasteiger partial charge in [0, 0.05) is 48.7 Å². The largest absolute Gasteiger partial charge is 0.377 e. The van der Waals surface area contributed by atoms with Gasteiger partial charge in [-0.1, -0.05) is 0 Å². The summed E-state index contributed by atoms with van der Waals surface area (Å²) in [6.45, 7) is 0.423. The van der Waals surface area contributed by atoms with Gasteiger partial charge in [0.05, 0.1) is 11.7 Å². The van der Waals surface area contributed by atoms with Crippen LogP contribution in [0.15, 0.2) is 41.5 Å². The Morgan fingerprint density at radius 1 is 1.25 bits per heavy atom. The molecule has 0 radical (unpaired) electrons. The van der Waals surface area contributed by atoms with Crippen molar-refractivity contribution < 1.29 is 4.74 Å². The van der Waals surface area contributed by atoms with Crippen LogP contribution in [0.4, 0.5) is 5.13 Å². The Hall–Kier alpha value is -2.65. The highest BCUT2D eigenvalue weighted by atomic mass is 32.1. The smallest absolute Gasteiger partial charge is 0.267 e. The molecule has 0 atom stereocenters. The summed E-state index contributed by atoms with van der Waals surface area (Å²) in [6, 6.07) is 7.62. The summed E-state index contributed by atoms with van der Waals surface area (Å²) in [6.07, 6.45) is 7.18. The lowest BCUT2D eigenvalue weighted by molar-refractivity contribution is 0.179. The summed E-state index contributed by atoms with van der Waals surface area (Å²) >= 11 is 1.36. The number of hydrogen-bond acceptors (Lipinski definition) is 8. The lowest BCUT2D eigenvalue weighted by atomic mass is 9.91. The highest BCUT2D eigenvalue weighted by Crippen LogP contribution is 2.29. The molecule has 1 fully saturated rings. The zero-order valence-electron chi connectivity index (χ0n) is 15.6. The molecule has 3 aromatic rings. The van der Waals surface area contributed by atoms with Gasteiger partial charge >= 0.3 is 0 Å². The van der Waals surface area contributed by atoms with Crippen LogP contribution in [0, 0.1) is 0 Å². The fourth-order valence-electron chi connectivity index (χ4n) is 3.49. The Bertz CT molecular complexity index is 966. The van der Waals surface area contributed by atoms with E-state index in [0.717, 1.165) is 42.1 Å². The third kappa shape index (κ3) is 4.26. The zero-order chi connectivity index (χ0) is 19.3. The first-order chi connectivity index (χ1) is 13.7. The Morgan fingerprint density at radius 2 is 2.11 bits per heavy atom. The molecule has 0 amide bonds. The van der Waals surface area contributed by atoms with Gasteiger partial charge in [0.25, 0.3) is 5.56 Å². The Kier molecular flexibility index (Phi) is 5.73. The average molecular weight is 398 g/mol. The van der Waals surface area contributed by atoms with E-state index in [4.69, 9.17) is 4.74 Å². The highest BCUT2D eigenvalue weighted by Gasteiger charge is 2.24. The highest BCUT2D eigenvalue weighted by molar-refractivity contribution is 7.09. The monoisotopic (exact) mass is 398 g/mol. The first-order valence-corrected chi connectivity index (χ1v) is 10.1. The summed E-state index contributed by atoms with van der Waals surface area (Å²) in [5, 5.41) is 8.89. The van der Waals surface area contributed by atoms with Crippen molar-refractivity contribution in [3.63, 3.8) is 0 Å². The van der Waals surface area contributed by atoms with E-state index in [1.54, 1.807) is 36.3 Å². The third-order valence-corrected chi connectivity index (χ3v) is 5.58. The standard InChI is InChI=1S/C19H22N6O2S/c1-27-12-17-22-19(28-24-17)21-14-4-6-15(7-5-14)25-18(26)9-8-16(23-25)13-3-2-10-20-11-13/h2-3,8-11,14-15H,4-7,12H2,1H3,(H,21,22,24). The maximum absolute atomic E-state index is 12.4. The van der Waals surface area contributed by atoms with Crippen LogP contribution in [0.3, 0.4) is 0 Å². The molecular weight excluding hydrogens is 376 g/mol.